The summed E-state index contributed by atoms with van der Waals surface area (Å²) in [5, 5.41) is 11.7. The Balaban J connectivity index is 2.18. The van der Waals surface area contributed by atoms with Gasteiger partial charge in [-0.25, -0.2) is 5.48 Å². The topological polar surface area (TPSA) is 117 Å². The van der Waals surface area contributed by atoms with Gasteiger partial charge in [0, 0.05) is 31.5 Å². The standard InChI is InChI=1S/C28H39N3O6/c1-6-31(7-2)28(34)19(3)21-13-11-20(12-14-21)17-22(9-8-10-26(32)30-35)27(33)29-24-16-15-23(36-4)18-25(24)37-5/h11-16,18-19,22,35H,6-10,17H2,1-5H3,(H,29,33)(H,30,32). The molecule has 2 atom stereocenters. The van der Waals surface area contributed by atoms with Crippen LogP contribution in [0.4, 0.5) is 5.69 Å². The van der Waals surface area contributed by atoms with Crippen molar-refractivity contribution in [3.8, 4) is 11.5 Å². The van der Waals surface area contributed by atoms with E-state index in [1.807, 2.05) is 49.9 Å². The zero-order valence-electron chi connectivity index (χ0n) is 22.4. The first-order chi connectivity index (χ1) is 17.8. The molecule has 0 saturated carbocycles. The van der Waals surface area contributed by atoms with Crippen molar-refractivity contribution >= 4 is 23.4 Å². The summed E-state index contributed by atoms with van der Waals surface area (Å²) >= 11 is 0. The van der Waals surface area contributed by atoms with E-state index in [0.717, 1.165) is 11.1 Å². The van der Waals surface area contributed by atoms with Gasteiger partial charge in [0.15, 0.2) is 0 Å². The second-order valence-corrected chi connectivity index (χ2v) is 8.86. The van der Waals surface area contributed by atoms with Gasteiger partial charge in [-0.3, -0.25) is 19.6 Å². The molecule has 0 radical (unpaired) electrons. The number of carbonyl (C=O) groups is 3. The molecule has 2 rings (SSSR count). The molecule has 2 aromatic rings. The first kappa shape index (κ1) is 29.6. The van der Waals surface area contributed by atoms with Gasteiger partial charge in [-0.2, -0.15) is 0 Å². The fourth-order valence-corrected chi connectivity index (χ4v) is 4.21. The Morgan fingerprint density at radius 1 is 1.00 bits per heavy atom. The van der Waals surface area contributed by atoms with Crippen molar-refractivity contribution in [2.45, 2.75) is 52.4 Å². The van der Waals surface area contributed by atoms with Gasteiger partial charge in [-0.15, -0.1) is 0 Å². The van der Waals surface area contributed by atoms with E-state index < -0.39 is 11.8 Å². The Morgan fingerprint density at radius 2 is 1.68 bits per heavy atom. The van der Waals surface area contributed by atoms with Gasteiger partial charge in [0.25, 0.3) is 0 Å². The maximum atomic E-state index is 13.3. The van der Waals surface area contributed by atoms with Crippen LogP contribution in [0.1, 0.15) is 57.1 Å². The van der Waals surface area contributed by atoms with Crippen LogP contribution in [0.15, 0.2) is 42.5 Å². The predicted octanol–water partition coefficient (Wildman–Crippen LogP) is 4.15. The zero-order valence-corrected chi connectivity index (χ0v) is 22.4. The number of likely N-dealkylation sites (N-methyl/N-ethyl adjacent to an activating group) is 1. The zero-order chi connectivity index (χ0) is 27.4. The summed E-state index contributed by atoms with van der Waals surface area (Å²) in [6, 6.07) is 12.9. The molecule has 202 valence electrons. The molecule has 0 spiro atoms. The third-order valence-electron chi connectivity index (χ3n) is 6.53. The highest BCUT2D eigenvalue weighted by Crippen LogP contribution is 2.30. The number of anilines is 1. The van der Waals surface area contributed by atoms with Crippen LogP contribution in [-0.2, 0) is 20.8 Å². The van der Waals surface area contributed by atoms with Crippen molar-refractivity contribution in [2.24, 2.45) is 5.92 Å². The maximum Gasteiger partial charge on any atom is 0.243 e. The first-order valence-corrected chi connectivity index (χ1v) is 12.6. The molecular formula is C28H39N3O6. The van der Waals surface area contributed by atoms with Crippen molar-refractivity contribution in [3.05, 3.63) is 53.6 Å². The maximum absolute atomic E-state index is 13.3. The molecule has 3 amide bonds. The Kier molecular flexibility index (Phi) is 11.9. The number of amides is 3. The van der Waals surface area contributed by atoms with E-state index in [9.17, 15) is 14.4 Å². The highest BCUT2D eigenvalue weighted by atomic mass is 16.5. The van der Waals surface area contributed by atoms with E-state index in [0.29, 0.717) is 49.5 Å². The smallest absolute Gasteiger partial charge is 0.243 e. The number of hydroxylamine groups is 1. The van der Waals surface area contributed by atoms with Crippen molar-refractivity contribution < 1.29 is 29.1 Å². The van der Waals surface area contributed by atoms with E-state index in [-0.39, 0.29) is 24.2 Å². The molecule has 0 saturated heterocycles. The largest absolute Gasteiger partial charge is 0.497 e. The van der Waals surface area contributed by atoms with Crippen LogP contribution in [-0.4, -0.2) is 55.1 Å². The third-order valence-corrected chi connectivity index (χ3v) is 6.53. The van der Waals surface area contributed by atoms with E-state index in [2.05, 4.69) is 5.32 Å². The minimum absolute atomic E-state index is 0.0885. The Labute approximate surface area is 219 Å². The number of hydrogen-bond acceptors (Lipinski definition) is 6. The van der Waals surface area contributed by atoms with Gasteiger partial charge in [0.2, 0.25) is 17.7 Å². The molecule has 0 aliphatic carbocycles. The molecule has 37 heavy (non-hydrogen) atoms. The minimum atomic E-state index is -0.493. The van der Waals surface area contributed by atoms with Crippen molar-refractivity contribution in [1.82, 2.24) is 10.4 Å². The average molecular weight is 514 g/mol. The lowest BCUT2D eigenvalue weighted by Gasteiger charge is -2.23. The summed E-state index contributed by atoms with van der Waals surface area (Å²) < 4.78 is 10.6. The quantitative estimate of drug-likeness (QED) is 0.258. The first-order valence-electron chi connectivity index (χ1n) is 12.6. The van der Waals surface area contributed by atoms with Crippen LogP contribution in [0.3, 0.4) is 0 Å². The van der Waals surface area contributed by atoms with Gasteiger partial charge in [-0.05, 0) is 63.3 Å². The normalized spacial score (nSPS) is 12.3. The lowest BCUT2D eigenvalue weighted by atomic mass is 9.91. The number of nitrogens with zero attached hydrogens (tertiary/aromatic N) is 1. The van der Waals surface area contributed by atoms with Crippen LogP contribution >= 0.6 is 0 Å². The van der Waals surface area contributed by atoms with E-state index in [1.165, 1.54) is 7.11 Å². The highest BCUT2D eigenvalue weighted by Gasteiger charge is 2.23. The van der Waals surface area contributed by atoms with Gasteiger partial charge in [-0.1, -0.05) is 24.3 Å². The van der Waals surface area contributed by atoms with E-state index in [4.69, 9.17) is 14.7 Å². The highest BCUT2D eigenvalue weighted by molar-refractivity contribution is 5.94. The Bertz CT molecular complexity index is 1040. The van der Waals surface area contributed by atoms with Gasteiger partial charge in [0.05, 0.1) is 25.8 Å². The molecule has 9 heteroatoms. The minimum Gasteiger partial charge on any atom is -0.497 e. The van der Waals surface area contributed by atoms with E-state index >= 15 is 0 Å². The average Bonchev–Trinajstić information content (AvgIpc) is 2.92. The fraction of sp³-hybridized carbons (Fsp3) is 0.464. The molecule has 0 fully saturated rings. The molecule has 0 aliphatic rings. The molecule has 2 unspecified atom stereocenters. The molecule has 0 aromatic heterocycles. The van der Waals surface area contributed by atoms with Crippen molar-refractivity contribution in [3.63, 3.8) is 0 Å². The number of hydrogen-bond donors (Lipinski definition) is 3. The van der Waals surface area contributed by atoms with Crippen molar-refractivity contribution in [2.75, 3.05) is 32.6 Å². The molecule has 9 nitrogen and oxygen atoms in total. The number of carbonyl (C=O) groups excluding carboxylic acids is 3. The summed E-state index contributed by atoms with van der Waals surface area (Å²) in [6.45, 7) is 7.17. The molecule has 3 N–H and O–H groups in total. The van der Waals surface area contributed by atoms with Crippen LogP contribution in [0, 0.1) is 5.92 Å². The van der Waals surface area contributed by atoms with Gasteiger partial charge in [0.1, 0.15) is 11.5 Å². The number of nitrogens with one attached hydrogen (secondary N) is 2. The van der Waals surface area contributed by atoms with Crippen LogP contribution in [0.25, 0.3) is 0 Å². The molecule has 0 bridgehead atoms. The molecular weight excluding hydrogens is 474 g/mol. The molecule has 2 aromatic carbocycles. The lowest BCUT2D eigenvalue weighted by molar-refractivity contribution is -0.132. The van der Waals surface area contributed by atoms with Gasteiger partial charge < -0.3 is 19.7 Å². The summed E-state index contributed by atoms with van der Waals surface area (Å²) in [5.41, 5.74) is 4.01. The lowest BCUT2D eigenvalue weighted by Crippen LogP contribution is -2.33. The monoisotopic (exact) mass is 513 g/mol. The van der Waals surface area contributed by atoms with E-state index in [1.54, 1.807) is 30.8 Å². The third kappa shape index (κ3) is 8.49. The van der Waals surface area contributed by atoms with Crippen molar-refractivity contribution in [1.29, 1.82) is 0 Å². The number of benzene rings is 2. The molecule has 0 aliphatic heterocycles. The Morgan fingerprint density at radius 3 is 2.24 bits per heavy atom. The summed E-state index contributed by atoms with van der Waals surface area (Å²) in [4.78, 5) is 39.3. The second kappa shape index (κ2) is 14.8. The fourth-order valence-electron chi connectivity index (χ4n) is 4.21. The second-order valence-electron chi connectivity index (χ2n) is 8.86. The van der Waals surface area contributed by atoms with Crippen LogP contribution < -0.4 is 20.3 Å². The number of methoxy groups -OCH3 is 2. The number of ether oxygens (including phenoxy) is 2. The Hall–Kier alpha value is -3.59. The van der Waals surface area contributed by atoms with Gasteiger partial charge >= 0.3 is 0 Å². The predicted molar refractivity (Wildman–Crippen MR) is 142 cm³/mol. The van der Waals surface area contributed by atoms with Crippen LogP contribution in [0.2, 0.25) is 0 Å². The SMILES string of the molecule is CCN(CC)C(=O)C(C)c1ccc(CC(CCCC(=O)NO)C(=O)Nc2ccc(OC)cc2OC)cc1. The summed E-state index contributed by atoms with van der Waals surface area (Å²) in [5.74, 6) is -0.219. The number of rotatable bonds is 14. The molecule has 0 heterocycles. The van der Waals surface area contributed by atoms with Crippen LogP contribution in [0.5, 0.6) is 11.5 Å². The summed E-state index contributed by atoms with van der Waals surface area (Å²) in [6.07, 6.45) is 1.42. The summed E-state index contributed by atoms with van der Waals surface area (Å²) in [7, 11) is 3.07.